The highest BCUT2D eigenvalue weighted by Gasteiger charge is 2.14. The van der Waals surface area contributed by atoms with E-state index in [-0.39, 0.29) is 0 Å². The van der Waals surface area contributed by atoms with Gasteiger partial charge in [-0.25, -0.2) is 0 Å². The van der Waals surface area contributed by atoms with Gasteiger partial charge in [-0.15, -0.1) is 0 Å². The van der Waals surface area contributed by atoms with Crippen LogP contribution in [0.3, 0.4) is 0 Å². The quantitative estimate of drug-likeness (QED) is 0.628. The molecule has 98 valence electrons. The van der Waals surface area contributed by atoms with Crippen molar-refractivity contribution in [3.63, 3.8) is 0 Å². The first-order chi connectivity index (χ1) is 6.99. The first kappa shape index (κ1) is 15.8. The summed E-state index contributed by atoms with van der Waals surface area (Å²) < 4.78 is 52.4. The van der Waals surface area contributed by atoms with E-state index in [1.54, 1.807) is 13.8 Å². The molecule has 0 N–H and O–H groups in total. The van der Waals surface area contributed by atoms with Crippen molar-refractivity contribution >= 4 is 20.2 Å². The number of hydrogen-bond donors (Lipinski definition) is 0. The molecule has 0 aromatic carbocycles. The minimum atomic E-state index is -3.47. The van der Waals surface area contributed by atoms with Gasteiger partial charge in [-0.2, -0.15) is 16.8 Å². The van der Waals surface area contributed by atoms with Crippen molar-refractivity contribution in [3.05, 3.63) is 0 Å². The van der Waals surface area contributed by atoms with Gasteiger partial charge in [0.15, 0.2) is 0 Å². The Bertz CT molecular complexity index is 356. The lowest BCUT2D eigenvalue weighted by Gasteiger charge is -2.14. The Morgan fingerprint density at radius 2 is 1.06 bits per heavy atom. The molecule has 0 aliphatic carbocycles. The van der Waals surface area contributed by atoms with Gasteiger partial charge in [-0.05, 0) is 26.7 Å². The summed E-state index contributed by atoms with van der Waals surface area (Å²) in [6.45, 7) is 3.21. The van der Waals surface area contributed by atoms with Crippen LogP contribution in [0.5, 0.6) is 0 Å². The minimum absolute atomic E-state index is 0.407. The molecule has 0 heterocycles. The summed E-state index contributed by atoms with van der Waals surface area (Å²) in [7, 11) is -6.93. The molecule has 0 saturated carbocycles. The van der Waals surface area contributed by atoms with Crippen LogP contribution in [-0.2, 0) is 28.6 Å². The summed E-state index contributed by atoms with van der Waals surface area (Å²) in [5.74, 6) is 0. The molecule has 0 saturated heterocycles. The third-order valence-corrected chi connectivity index (χ3v) is 3.01. The number of hydrogen-bond acceptors (Lipinski definition) is 6. The highest BCUT2D eigenvalue weighted by Crippen LogP contribution is 2.10. The van der Waals surface area contributed by atoms with Gasteiger partial charge in [0.1, 0.15) is 0 Å². The van der Waals surface area contributed by atoms with Crippen LogP contribution in [0.15, 0.2) is 0 Å². The average molecular weight is 274 g/mol. The normalized spacial score (nSPS) is 17.0. The highest BCUT2D eigenvalue weighted by molar-refractivity contribution is 7.86. The lowest BCUT2D eigenvalue weighted by atomic mass is 10.1. The fourth-order valence-corrected chi connectivity index (χ4v) is 2.55. The number of rotatable bonds is 7. The zero-order valence-electron chi connectivity index (χ0n) is 9.83. The van der Waals surface area contributed by atoms with Gasteiger partial charge in [0, 0.05) is 0 Å². The van der Waals surface area contributed by atoms with Crippen LogP contribution in [-0.4, -0.2) is 41.6 Å². The third-order valence-electron chi connectivity index (χ3n) is 1.66. The average Bonchev–Trinajstić information content (AvgIpc) is 1.94. The smallest absolute Gasteiger partial charge is 0.264 e. The maximum atomic E-state index is 10.8. The van der Waals surface area contributed by atoms with Crippen LogP contribution in [0.25, 0.3) is 0 Å². The van der Waals surface area contributed by atoms with E-state index in [9.17, 15) is 16.8 Å². The van der Waals surface area contributed by atoms with E-state index in [0.717, 1.165) is 12.5 Å². The Morgan fingerprint density at radius 3 is 1.25 bits per heavy atom. The molecular weight excluding hydrogens is 256 g/mol. The minimum Gasteiger partial charge on any atom is -0.267 e. The van der Waals surface area contributed by atoms with Gasteiger partial charge >= 0.3 is 0 Å². The molecule has 0 aromatic heterocycles. The van der Waals surface area contributed by atoms with E-state index in [1.807, 2.05) is 0 Å². The third kappa shape index (κ3) is 10.3. The molecule has 0 rings (SSSR count). The van der Waals surface area contributed by atoms with Gasteiger partial charge in [0.05, 0.1) is 24.7 Å². The lowest BCUT2D eigenvalue weighted by molar-refractivity contribution is 0.170. The van der Waals surface area contributed by atoms with Crippen molar-refractivity contribution in [1.29, 1.82) is 0 Å². The van der Waals surface area contributed by atoms with Crippen LogP contribution in [0.1, 0.15) is 26.7 Å². The molecular formula is C8H18O6S2. The fourth-order valence-electron chi connectivity index (χ4n) is 1.16. The zero-order chi connectivity index (χ0) is 13.0. The molecule has 0 amide bonds. The van der Waals surface area contributed by atoms with Gasteiger partial charge in [0.25, 0.3) is 20.2 Å². The van der Waals surface area contributed by atoms with Crippen molar-refractivity contribution in [1.82, 2.24) is 0 Å². The van der Waals surface area contributed by atoms with Crippen molar-refractivity contribution < 1.29 is 25.2 Å². The second-order valence-electron chi connectivity index (χ2n) is 3.80. The van der Waals surface area contributed by atoms with E-state index >= 15 is 0 Å². The predicted octanol–water partition coefficient (Wildman–Crippen LogP) is 0.496. The Morgan fingerprint density at radius 1 is 0.812 bits per heavy atom. The Balaban J connectivity index is 3.98. The van der Waals surface area contributed by atoms with Crippen LogP contribution in [0, 0.1) is 0 Å². The zero-order valence-corrected chi connectivity index (χ0v) is 11.5. The summed E-state index contributed by atoms with van der Waals surface area (Å²) in [6, 6.07) is 0. The monoisotopic (exact) mass is 274 g/mol. The highest BCUT2D eigenvalue weighted by atomic mass is 32.2. The Hall–Kier alpha value is -0.180. The molecule has 0 spiro atoms. The molecule has 0 aliphatic rings. The van der Waals surface area contributed by atoms with E-state index in [4.69, 9.17) is 0 Å². The summed E-state index contributed by atoms with van der Waals surface area (Å²) in [5, 5.41) is 0. The SMILES string of the molecule is C[C@H](CC[C@H](C)OS(C)(=O)=O)OS(C)(=O)=O. The molecule has 2 atom stereocenters. The first-order valence-corrected chi connectivity index (χ1v) is 8.39. The molecule has 0 unspecified atom stereocenters. The second-order valence-corrected chi connectivity index (χ2v) is 7.00. The summed E-state index contributed by atoms with van der Waals surface area (Å²) in [6.07, 6.45) is 1.79. The first-order valence-electron chi connectivity index (χ1n) is 4.76. The molecule has 6 nitrogen and oxygen atoms in total. The van der Waals surface area contributed by atoms with Crippen LogP contribution >= 0.6 is 0 Å². The van der Waals surface area contributed by atoms with Gasteiger partial charge in [-0.1, -0.05) is 0 Å². The molecule has 0 aromatic rings. The van der Waals surface area contributed by atoms with Crippen molar-refractivity contribution in [2.24, 2.45) is 0 Å². The van der Waals surface area contributed by atoms with Crippen LogP contribution < -0.4 is 0 Å². The maximum Gasteiger partial charge on any atom is 0.264 e. The van der Waals surface area contributed by atoms with E-state index in [1.165, 1.54) is 0 Å². The topological polar surface area (TPSA) is 86.7 Å². The van der Waals surface area contributed by atoms with Gasteiger partial charge in [-0.3, -0.25) is 8.37 Å². The molecule has 0 fully saturated rings. The fraction of sp³-hybridized carbons (Fsp3) is 1.00. The van der Waals surface area contributed by atoms with Gasteiger partial charge in [0.2, 0.25) is 0 Å². The lowest BCUT2D eigenvalue weighted by Crippen LogP contribution is -2.19. The van der Waals surface area contributed by atoms with E-state index in [0.29, 0.717) is 12.8 Å². The van der Waals surface area contributed by atoms with Crippen molar-refractivity contribution in [2.45, 2.75) is 38.9 Å². The standard InChI is InChI=1S/C8H18O6S2/c1-7(13-15(3,9)10)5-6-8(2)14-16(4,11)12/h7-8H,5-6H2,1-4H3/t7-,8+. The van der Waals surface area contributed by atoms with E-state index in [2.05, 4.69) is 8.37 Å². The van der Waals surface area contributed by atoms with Gasteiger partial charge < -0.3 is 0 Å². The summed E-state index contributed by atoms with van der Waals surface area (Å²) >= 11 is 0. The summed E-state index contributed by atoms with van der Waals surface area (Å²) in [5.41, 5.74) is 0. The second kappa shape index (κ2) is 5.95. The van der Waals surface area contributed by atoms with Crippen LogP contribution in [0.2, 0.25) is 0 Å². The molecule has 0 aliphatic heterocycles. The molecule has 8 heteroatoms. The van der Waals surface area contributed by atoms with Crippen LogP contribution in [0.4, 0.5) is 0 Å². The maximum absolute atomic E-state index is 10.8. The molecule has 0 bridgehead atoms. The Kier molecular flexibility index (Phi) is 5.88. The molecule has 0 radical (unpaired) electrons. The summed E-state index contributed by atoms with van der Waals surface area (Å²) in [4.78, 5) is 0. The predicted molar refractivity (Wildman–Crippen MR) is 60.0 cm³/mol. The van der Waals surface area contributed by atoms with E-state index < -0.39 is 32.4 Å². The van der Waals surface area contributed by atoms with Crippen molar-refractivity contribution in [3.8, 4) is 0 Å². The largest absolute Gasteiger partial charge is 0.267 e. The molecule has 16 heavy (non-hydrogen) atoms. The van der Waals surface area contributed by atoms with Crippen molar-refractivity contribution in [2.75, 3.05) is 12.5 Å². The Labute approximate surface area is 97.2 Å².